The van der Waals surface area contributed by atoms with Gasteiger partial charge in [-0.1, -0.05) is 11.4 Å². The van der Waals surface area contributed by atoms with Crippen LogP contribution < -0.4 is 51.4 Å². The van der Waals surface area contributed by atoms with E-state index in [-0.39, 0.29) is 51.4 Å². The SMILES string of the molecule is COP(=O)([S-])SC.[K+]. The smallest absolute Gasteiger partial charge is 0.678 e. The Labute approximate surface area is 101 Å². The summed E-state index contributed by atoms with van der Waals surface area (Å²) in [7, 11) is 1.35. The van der Waals surface area contributed by atoms with E-state index >= 15 is 0 Å². The Morgan fingerprint density at radius 3 is 2.12 bits per heavy atom. The maximum Gasteiger partial charge on any atom is 1.00 e. The Balaban J connectivity index is 0. The zero-order valence-electron chi connectivity index (χ0n) is 5.08. The van der Waals surface area contributed by atoms with Crippen molar-refractivity contribution in [3.63, 3.8) is 0 Å². The van der Waals surface area contributed by atoms with Gasteiger partial charge in [-0.25, -0.2) is 0 Å². The van der Waals surface area contributed by atoms with Gasteiger partial charge in [0.25, 0.3) is 0 Å². The van der Waals surface area contributed by atoms with Crippen LogP contribution in [0.25, 0.3) is 0 Å². The van der Waals surface area contributed by atoms with E-state index in [1.54, 1.807) is 6.26 Å². The summed E-state index contributed by atoms with van der Waals surface area (Å²) >= 11 is 5.52. The van der Waals surface area contributed by atoms with Gasteiger partial charge in [0.2, 0.25) is 0 Å². The summed E-state index contributed by atoms with van der Waals surface area (Å²) in [6, 6.07) is 0. The fourth-order valence-corrected chi connectivity index (χ4v) is 0.671. The predicted molar refractivity (Wildman–Crippen MR) is 35.5 cm³/mol. The zero-order chi connectivity index (χ0) is 5.91. The molecule has 0 aliphatic carbocycles. The molecule has 0 fully saturated rings. The quantitative estimate of drug-likeness (QED) is 0.310. The number of rotatable bonds is 2. The summed E-state index contributed by atoms with van der Waals surface area (Å²) in [5.74, 6) is -2.65. The number of hydrogen-bond acceptors (Lipinski definition) is 4. The molecule has 2 nitrogen and oxygen atoms in total. The molecule has 44 valence electrons. The number of hydrogen-bond donors (Lipinski definition) is 0. The van der Waals surface area contributed by atoms with Crippen LogP contribution in [0.15, 0.2) is 0 Å². The summed E-state index contributed by atoms with van der Waals surface area (Å²) < 4.78 is 14.9. The van der Waals surface area contributed by atoms with E-state index in [0.29, 0.717) is 0 Å². The molecule has 0 amide bonds. The van der Waals surface area contributed by atoms with Crippen LogP contribution in [-0.4, -0.2) is 13.4 Å². The topological polar surface area (TPSA) is 26.3 Å². The van der Waals surface area contributed by atoms with E-state index in [0.717, 1.165) is 11.4 Å². The van der Waals surface area contributed by atoms with E-state index in [1.165, 1.54) is 7.11 Å². The molecule has 0 aliphatic heterocycles. The molecule has 0 aromatic heterocycles. The molecule has 0 N–H and O–H groups in total. The van der Waals surface area contributed by atoms with Gasteiger partial charge in [0.1, 0.15) is 5.77 Å². The molecule has 0 saturated carbocycles. The first-order chi connectivity index (χ1) is 3.12. The van der Waals surface area contributed by atoms with Gasteiger partial charge < -0.3 is 21.3 Å². The van der Waals surface area contributed by atoms with Crippen LogP contribution in [0.3, 0.4) is 0 Å². The van der Waals surface area contributed by atoms with Gasteiger partial charge in [-0.15, -0.1) is 0 Å². The second kappa shape index (κ2) is 6.25. The maximum absolute atomic E-state index is 10.5. The van der Waals surface area contributed by atoms with Gasteiger partial charge in [-0.05, 0) is 6.26 Å². The molecule has 0 rings (SSSR count). The van der Waals surface area contributed by atoms with Gasteiger partial charge in [0.15, 0.2) is 0 Å². The van der Waals surface area contributed by atoms with Crippen molar-refractivity contribution in [3.8, 4) is 0 Å². The Morgan fingerprint density at radius 2 is 2.12 bits per heavy atom. The predicted octanol–water partition coefficient (Wildman–Crippen LogP) is -1.35. The molecule has 1 unspecified atom stereocenters. The van der Waals surface area contributed by atoms with E-state index in [1.807, 2.05) is 0 Å². The van der Waals surface area contributed by atoms with Crippen LogP contribution in [0.2, 0.25) is 0 Å². The van der Waals surface area contributed by atoms with Gasteiger partial charge in [-0.2, -0.15) is 0 Å². The van der Waals surface area contributed by atoms with E-state index < -0.39 is 5.77 Å². The van der Waals surface area contributed by atoms with E-state index in [9.17, 15) is 4.57 Å². The molecule has 0 bridgehead atoms. The fourth-order valence-electron chi connectivity index (χ4n) is 0.0745. The minimum absolute atomic E-state index is 0. The molecule has 0 heterocycles. The monoisotopic (exact) mass is 196 g/mol. The van der Waals surface area contributed by atoms with Gasteiger partial charge in [0, 0.05) is 7.11 Å². The summed E-state index contributed by atoms with van der Waals surface area (Å²) in [6.07, 6.45) is 1.66. The third-order valence-corrected chi connectivity index (χ3v) is 4.92. The largest absolute Gasteiger partial charge is 1.00 e. The van der Waals surface area contributed by atoms with Crippen LogP contribution in [0.4, 0.5) is 0 Å². The van der Waals surface area contributed by atoms with Crippen molar-refractivity contribution in [3.05, 3.63) is 0 Å². The molecule has 0 radical (unpaired) electrons. The molecule has 1 atom stereocenters. The second-order valence-corrected chi connectivity index (χ2v) is 7.11. The Hall–Kier alpha value is 2.53. The molecule has 0 aliphatic rings. The van der Waals surface area contributed by atoms with Gasteiger partial charge in [-0.3, -0.25) is 0 Å². The van der Waals surface area contributed by atoms with Crippen LogP contribution in [0.1, 0.15) is 0 Å². The first-order valence-electron chi connectivity index (χ1n) is 1.55. The van der Waals surface area contributed by atoms with Crippen molar-refractivity contribution in [1.29, 1.82) is 0 Å². The first-order valence-corrected chi connectivity index (χ1v) is 6.01. The van der Waals surface area contributed by atoms with Crippen molar-refractivity contribution in [1.82, 2.24) is 0 Å². The molecule has 0 saturated heterocycles. The molecule has 6 heteroatoms. The summed E-state index contributed by atoms with van der Waals surface area (Å²) in [5.41, 5.74) is 0. The maximum atomic E-state index is 10.5. The van der Waals surface area contributed by atoms with Crippen LogP contribution >= 0.6 is 17.2 Å². The summed E-state index contributed by atoms with van der Waals surface area (Å²) in [6.45, 7) is 0. The van der Waals surface area contributed by atoms with Crippen molar-refractivity contribution >= 4 is 29.4 Å². The first kappa shape index (κ1) is 13.1. The van der Waals surface area contributed by atoms with Crippen molar-refractivity contribution in [2.45, 2.75) is 0 Å². The molecule has 0 aromatic carbocycles. The Kier molecular flexibility index (Phi) is 10.3. The second-order valence-electron chi connectivity index (χ2n) is 0.812. The van der Waals surface area contributed by atoms with Gasteiger partial charge in [0.05, 0.1) is 0 Å². The van der Waals surface area contributed by atoms with E-state index in [4.69, 9.17) is 0 Å². The van der Waals surface area contributed by atoms with Crippen LogP contribution in [0.5, 0.6) is 0 Å². The average molecular weight is 196 g/mol. The Morgan fingerprint density at radius 1 is 1.75 bits per heavy atom. The molecular weight excluding hydrogens is 190 g/mol. The van der Waals surface area contributed by atoms with Crippen LogP contribution in [-0.2, 0) is 21.3 Å². The molecular formula is C2H6KO2PS2. The normalized spacial score (nSPS) is 16.4. The molecule has 0 aromatic rings. The minimum Gasteiger partial charge on any atom is -0.678 e. The van der Waals surface area contributed by atoms with E-state index in [2.05, 4.69) is 16.8 Å². The zero-order valence-corrected chi connectivity index (χ0v) is 10.7. The summed E-state index contributed by atoms with van der Waals surface area (Å²) in [5, 5.41) is 0. The standard InChI is InChI=1S/C2H7O2PS2.K/c1-4-5(3,6)7-2;/h1-2H3,(H,3,6);/q;+1/p-1. The third-order valence-electron chi connectivity index (χ3n) is 0.447. The van der Waals surface area contributed by atoms with Crippen molar-refractivity contribution in [2.75, 3.05) is 13.4 Å². The van der Waals surface area contributed by atoms with Crippen molar-refractivity contribution in [2.24, 2.45) is 0 Å². The molecule has 8 heavy (non-hydrogen) atoms. The van der Waals surface area contributed by atoms with Crippen LogP contribution in [0, 0.1) is 0 Å². The van der Waals surface area contributed by atoms with Crippen molar-refractivity contribution < 1.29 is 60.5 Å². The van der Waals surface area contributed by atoms with Gasteiger partial charge >= 0.3 is 51.4 Å². The fraction of sp³-hybridized carbons (Fsp3) is 1.00. The molecule has 0 spiro atoms. The minimum atomic E-state index is -2.65. The Bertz CT molecular complexity index is 90.0. The summed E-state index contributed by atoms with van der Waals surface area (Å²) in [4.78, 5) is 0. The average Bonchev–Trinajstić information content (AvgIpc) is 1.68. The third kappa shape index (κ3) is 6.64.